The van der Waals surface area contributed by atoms with Crippen LogP contribution >= 0.6 is 0 Å². The first kappa shape index (κ1) is 18.3. The highest BCUT2D eigenvalue weighted by molar-refractivity contribution is 5.83. The van der Waals surface area contributed by atoms with Crippen LogP contribution in [-0.4, -0.2) is 28.6 Å². The first-order chi connectivity index (χ1) is 12.3. The summed E-state index contributed by atoms with van der Waals surface area (Å²) in [5.41, 5.74) is 3.47. The third kappa shape index (κ3) is 4.02. The van der Waals surface area contributed by atoms with Crippen molar-refractivity contribution < 1.29 is 8.94 Å². The highest BCUT2D eigenvalue weighted by atomic mass is 16.5. The van der Waals surface area contributed by atoms with Crippen molar-refractivity contribution in [1.82, 2.24) is 15.0 Å². The Morgan fingerprint density at radius 2 is 1.96 bits per heavy atom. The lowest BCUT2D eigenvalue weighted by Crippen LogP contribution is -2.22. The largest absolute Gasteiger partial charge is 0.422 e. The highest BCUT2D eigenvalue weighted by Gasteiger charge is 2.13. The van der Waals surface area contributed by atoms with E-state index in [4.69, 9.17) is 8.94 Å². The second kappa shape index (κ2) is 7.41. The topological polar surface area (TPSA) is 72.4 Å². The first-order valence-electron chi connectivity index (χ1n) is 8.88. The van der Waals surface area contributed by atoms with Crippen LogP contribution in [0, 0.1) is 13.8 Å². The molecule has 0 amide bonds. The minimum atomic E-state index is -0.312. The molecule has 0 fully saturated rings. The predicted octanol–water partition coefficient (Wildman–Crippen LogP) is 3.59. The molecule has 2 aromatic heterocycles. The normalized spacial score (nSPS) is 11.8. The Bertz CT molecular complexity index is 972. The minimum Gasteiger partial charge on any atom is -0.422 e. The van der Waals surface area contributed by atoms with Crippen molar-refractivity contribution in [3.05, 3.63) is 57.0 Å². The highest BCUT2D eigenvalue weighted by Crippen LogP contribution is 2.23. The van der Waals surface area contributed by atoms with Gasteiger partial charge in [-0.1, -0.05) is 25.1 Å². The Morgan fingerprint density at radius 1 is 1.19 bits per heavy atom. The van der Waals surface area contributed by atoms with Gasteiger partial charge in [0.1, 0.15) is 5.58 Å². The van der Waals surface area contributed by atoms with E-state index in [0.717, 1.165) is 28.6 Å². The average Bonchev–Trinajstić information content (AvgIpc) is 3.03. The van der Waals surface area contributed by atoms with Gasteiger partial charge in [-0.2, -0.15) is 4.98 Å². The summed E-state index contributed by atoms with van der Waals surface area (Å²) in [7, 11) is 2.02. The molecular weight excluding hydrogens is 330 g/mol. The van der Waals surface area contributed by atoms with Crippen LogP contribution in [0.3, 0.4) is 0 Å². The first-order valence-corrected chi connectivity index (χ1v) is 8.88. The fourth-order valence-corrected chi connectivity index (χ4v) is 3.07. The maximum absolute atomic E-state index is 12.0. The van der Waals surface area contributed by atoms with Crippen LogP contribution in [0.5, 0.6) is 0 Å². The second-order valence-electron chi connectivity index (χ2n) is 7.24. The number of likely N-dealkylation sites (N-methyl/N-ethyl adjacent to an activating group) is 1. The molecule has 0 aliphatic rings. The van der Waals surface area contributed by atoms with E-state index in [0.29, 0.717) is 30.3 Å². The van der Waals surface area contributed by atoms with Gasteiger partial charge in [0, 0.05) is 36.9 Å². The molecule has 0 bridgehead atoms. The molecule has 6 heteroatoms. The van der Waals surface area contributed by atoms with E-state index in [1.165, 1.54) is 0 Å². The van der Waals surface area contributed by atoms with E-state index in [1.807, 2.05) is 40.8 Å². The molecule has 1 aromatic carbocycles. The van der Waals surface area contributed by atoms with E-state index in [1.54, 1.807) is 6.07 Å². The monoisotopic (exact) mass is 355 g/mol. The lowest BCUT2D eigenvalue weighted by atomic mass is 10.0. The third-order valence-electron chi connectivity index (χ3n) is 4.39. The van der Waals surface area contributed by atoms with Gasteiger partial charge in [-0.15, -0.1) is 0 Å². The van der Waals surface area contributed by atoms with Gasteiger partial charge in [0.15, 0.2) is 5.82 Å². The Kier molecular flexibility index (Phi) is 5.23. The van der Waals surface area contributed by atoms with Gasteiger partial charge in [-0.05, 0) is 43.7 Å². The van der Waals surface area contributed by atoms with Crippen LogP contribution in [-0.2, 0) is 13.0 Å². The summed E-state index contributed by atoms with van der Waals surface area (Å²) in [6.07, 6.45) is 0.699. The molecule has 0 aliphatic heterocycles. The summed E-state index contributed by atoms with van der Waals surface area (Å²) in [5, 5.41) is 5.02. The van der Waals surface area contributed by atoms with E-state index in [9.17, 15) is 4.79 Å². The predicted molar refractivity (Wildman–Crippen MR) is 100 cm³/mol. The molecular formula is C20H25N3O3. The molecule has 2 heterocycles. The van der Waals surface area contributed by atoms with Crippen LogP contribution in [0.15, 0.2) is 31.9 Å². The average molecular weight is 355 g/mol. The maximum atomic E-state index is 12.0. The zero-order valence-electron chi connectivity index (χ0n) is 16.0. The smallest absolute Gasteiger partial charge is 0.336 e. The van der Waals surface area contributed by atoms with Crippen molar-refractivity contribution in [2.75, 3.05) is 13.6 Å². The van der Waals surface area contributed by atoms with Crippen molar-refractivity contribution in [2.24, 2.45) is 0 Å². The molecule has 0 saturated heterocycles. The third-order valence-corrected chi connectivity index (χ3v) is 4.39. The van der Waals surface area contributed by atoms with Crippen LogP contribution < -0.4 is 5.63 Å². The van der Waals surface area contributed by atoms with Gasteiger partial charge in [0.05, 0.1) is 0 Å². The van der Waals surface area contributed by atoms with Gasteiger partial charge in [-0.25, -0.2) is 4.79 Å². The van der Waals surface area contributed by atoms with Gasteiger partial charge in [-0.3, -0.25) is 0 Å². The van der Waals surface area contributed by atoms with Crippen molar-refractivity contribution in [3.8, 4) is 0 Å². The van der Waals surface area contributed by atoms with Crippen molar-refractivity contribution in [1.29, 1.82) is 0 Å². The van der Waals surface area contributed by atoms with Crippen LogP contribution in [0.2, 0.25) is 0 Å². The zero-order chi connectivity index (χ0) is 18.8. The fraction of sp³-hybridized carbons (Fsp3) is 0.450. The molecule has 0 atom stereocenters. The summed E-state index contributed by atoms with van der Waals surface area (Å²) in [4.78, 5) is 18.5. The van der Waals surface area contributed by atoms with Gasteiger partial charge < -0.3 is 13.8 Å². The molecule has 3 rings (SSSR count). The Balaban J connectivity index is 1.76. The van der Waals surface area contributed by atoms with Crippen molar-refractivity contribution >= 4 is 11.0 Å². The fourth-order valence-electron chi connectivity index (χ4n) is 3.07. The number of hydrogen-bond donors (Lipinski definition) is 0. The maximum Gasteiger partial charge on any atom is 0.336 e. The quantitative estimate of drug-likeness (QED) is 0.629. The Labute approximate surface area is 152 Å². The van der Waals surface area contributed by atoms with E-state index < -0.39 is 0 Å². The number of aromatic nitrogens is 2. The summed E-state index contributed by atoms with van der Waals surface area (Å²) in [5.74, 6) is 1.61. The molecule has 26 heavy (non-hydrogen) atoms. The van der Waals surface area contributed by atoms with Gasteiger partial charge in [0.2, 0.25) is 5.89 Å². The number of rotatable bonds is 6. The lowest BCUT2D eigenvalue weighted by molar-refractivity contribution is 0.323. The summed E-state index contributed by atoms with van der Waals surface area (Å²) in [6.45, 7) is 9.49. The summed E-state index contributed by atoms with van der Waals surface area (Å²) < 4.78 is 10.7. The van der Waals surface area contributed by atoms with E-state index in [-0.39, 0.29) is 11.5 Å². The van der Waals surface area contributed by atoms with Crippen molar-refractivity contribution in [2.45, 2.75) is 46.6 Å². The molecule has 138 valence electrons. The van der Waals surface area contributed by atoms with E-state index >= 15 is 0 Å². The summed E-state index contributed by atoms with van der Waals surface area (Å²) >= 11 is 0. The van der Waals surface area contributed by atoms with Crippen LogP contribution in [0.1, 0.15) is 48.2 Å². The molecule has 0 radical (unpaired) electrons. The molecule has 0 saturated carbocycles. The van der Waals surface area contributed by atoms with Gasteiger partial charge in [0.25, 0.3) is 0 Å². The van der Waals surface area contributed by atoms with Crippen LogP contribution in [0.25, 0.3) is 11.0 Å². The molecule has 0 aliphatic carbocycles. The Morgan fingerprint density at radius 3 is 2.65 bits per heavy atom. The van der Waals surface area contributed by atoms with Crippen LogP contribution in [0.4, 0.5) is 0 Å². The molecule has 0 spiro atoms. The number of hydrogen-bond acceptors (Lipinski definition) is 6. The Hall–Kier alpha value is -2.47. The van der Waals surface area contributed by atoms with Gasteiger partial charge >= 0.3 is 5.63 Å². The number of aryl methyl sites for hydroxylation is 2. The van der Waals surface area contributed by atoms with Crippen molar-refractivity contribution in [3.63, 3.8) is 0 Å². The SMILES string of the molecule is Cc1cc(C)c2oc(=O)cc(CN(C)CCc3noc(C(C)C)n3)c2c1. The number of fused-ring (bicyclic) bond motifs is 1. The van der Waals surface area contributed by atoms with E-state index in [2.05, 4.69) is 21.1 Å². The number of nitrogens with zero attached hydrogens (tertiary/aromatic N) is 3. The standard InChI is InChI=1S/C20H25N3O3/c1-12(2)20-21-17(22-26-20)6-7-23(5)11-15-10-18(24)25-19-14(4)8-13(3)9-16(15)19/h8-10,12H,6-7,11H2,1-5H3. The number of benzene rings is 1. The molecule has 6 nitrogen and oxygen atoms in total. The molecule has 0 unspecified atom stereocenters. The second-order valence-corrected chi connectivity index (χ2v) is 7.24. The minimum absolute atomic E-state index is 0.232. The summed E-state index contributed by atoms with van der Waals surface area (Å²) in [6, 6.07) is 5.69. The molecule has 3 aromatic rings. The molecule has 0 N–H and O–H groups in total. The lowest BCUT2D eigenvalue weighted by Gasteiger charge is -2.17. The zero-order valence-corrected chi connectivity index (χ0v) is 16.0.